The normalized spacial score (nSPS) is 10.2. The van der Waals surface area contributed by atoms with Crippen molar-refractivity contribution >= 4 is 5.69 Å². The van der Waals surface area contributed by atoms with E-state index in [1.165, 1.54) is 0 Å². The lowest BCUT2D eigenvalue weighted by molar-refractivity contribution is 0.282. The highest BCUT2D eigenvalue weighted by Crippen LogP contribution is 2.30. The van der Waals surface area contributed by atoms with Crippen LogP contribution in [0.25, 0.3) is 11.1 Å². The molecule has 2 aromatic rings. The first-order chi connectivity index (χ1) is 8.26. The van der Waals surface area contributed by atoms with E-state index in [-0.39, 0.29) is 6.61 Å². The predicted molar refractivity (Wildman–Crippen MR) is 68.8 cm³/mol. The minimum atomic E-state index is 0.0167. The zero-order valence-corrected chi connectivity index (χ0v) is 9.68. The number of rotatable bonds is 3. The third-order valence-corrected chi connectivity index (χ3v) is 2.73. The van der Waals surface area contributed by atoms with Crippen LogP contribution in [0.2, 0.25) is 0 Å². The summed E-state index contributed by atoms with van der Waals surface area (Å²) in [6, 6.07) is 13.3. The van der Waals surface area contributed by atoms with E-state index in [1.807, 2.05) is 42.5 Å². The molecule has 0 radical (unpaired) electrons. The van der Waals surface area contributed by atoms with E-state index in [9.17, 15) is 5.11 Å². The molecule has 3 heteroatoms. The fourth-order valence-corrected chi connectivity index (χ4v) is 1.82. The van der Waals surface area contributed by atoms with Gasteiger partial charge in [0.15, 0.2) is 0 Å². The Morgan fingerprint density at radius 3 is 2.65 bits per heavy atom. The predicted octanol–water partition coefficient (Wildman–Crippen LogP) is 2.44. The summed E-state index contributed by atoms with van der Waals surface area (Å²) in [4.78, 5) is 0. The van der Waals surface area contributed by atoms with Gasteiger partial charge in [-0.05, 0) is 28.8 Å². The van der Waals surface area contributed by atoms with E-state index in [4.69, 9.17) is 10.5 Å². The largest absolute Gasteiger partial charge is 0.495 e. The first kappa shape index (κ1) is 11.5. The molecule has 3 N–H and O–H groups in total. The number of aliphatic hydroxyl groups excluding tert-OH is 1. The maximum absolute atomic E-state index is 9.30. The van der Waals surface area contributed by atoms with E-state index >= 15 is 0 Å². The van der Waals surface area contributed by atoms with Crippen molar-refractivity contribution in [1.82, 2.24) is 0 Å². The molecule has 0 fully saturated rings. The van der Waals surface area contributed by atoms with Crippen LogP contribution in [0.1, 0.15) is 5.56 Å². The van der Waals surface area contributed by atoms with Gasteiger partial charge in [-0.3, -0.25) is 0 Å². The number of anilines is 1. The Kier molecular flexibility index (Phi) is 3.30. The smallest absolute Gasteiger partial charge is 0.142 e. The molecule has 88 valence electrons. The second-order valence-electron chi connectivity index (χ2n) is 3.77. The Hall–Kier alpha value is -2.00. The number of benzene rings is 2. The van der Waals surface area contributed by atoms with Gasteiger partial charge < -0.3 is 15.6 Å². The van der Waals surface area contributed by atoms with Crippen LogP contribution in [0, 0.1) is 0 Å². The molecular weight excluding hydrogens is 214 g/mol. The number of nitrogen functional groups attached to an aromatic ring is 1. The van der Waals surface area contributed by atoms with Crippen molar-refractivity contribution in [1.29, 1.82) is 0 Å². The van der Waals surface area contributed by atoms with Crippen molar-refractivity contribution in [2.45, 2.75) is 6.61 Å². The van der Waals surface area contributed by atoms with Crippen molar-refractivity contribution in [2.75, 3.05) is 12.8 Å². The molecule has 17 heavy (non-hydrogen) atoms. The number of hydrogen-bond donors (Lipinski definition) is 2. The number of nitrogens with two attached hydrogens (primary N) is 1. The van der Waals surface area contributed by atoms with Crippen LogP contribution in [-0.4, -0.2) is 12.2 Å². The highest BCUT2D eigenvalue weighted by atomic mass is 16.5. The SMILES string of the molecule is COc1cc(-c2ccccc2CO)ccc1N. The third kappa shape index (κ3) is 2.24. The van der Waals surface area contributed by atoms with E-state index < -0.39 is 0 Å². The molecule has 0 bridgehead atoms. The molecule has 0 unspecified atom stereocenters. The van der Waals surface area contributed by atoms with Crippen LogP contribution in [0.4, 0.5) is 5.69 Å². The lowest BCUT2D eigenvalue weighted by Crippen LogP contribution is -1.94. The van der Waals surface area contributed by atoms with Gasteiger partial charge in [0, 0.05) is 0 Å². The van der Waals surface area contributed by atoms with Gasteiger partial charge in [-0.2, -0.15) is 0 Å². The Bertz CT molecular complexity index is 523. The van der Waals surface area contributed by atoms with Crippen LogP contribution >= 0.6 is 0 Å². The molecule has 3 nitrogen and oxygen atoms in total. The molecule has 0 aromatic heterocycles. The van der Waals surface area contributed by atoms with E-state index in [0.717, 1.165) is 16.7 Å². The quantitative estimate of drug-likeness (QED) is 0.795. The molecule has 2 aromatic carbocycles. The van der Waals surface area contributed by atoms with Gasteiger partial charge in [-0.15, -0.1) is 0 Å². The molecular formula is C14H15NO2. The molecule has 0 atom stereocenters. The van der Waals surface area contributed by atoms with Gasteiger partial charge in [0.1, 0.15) is 5.75 Å². The summed E-state index contributed by atoms with van der Waals surface area (Å²) in [7, 11) is 1.59. The van der Waals surface area contributed by atoms with Crippen LogP contribution in [-0.2, 0) is 6.61 Å². The van der Waals surface area contributed by atoms with Gasteiger partial charge in [-0.25, -0.2) is 0 Å². The average molecular weight is 229 g/mol. The van der Waals surface area contributed by atoms with Crippen LogP contribution < -0.4 is 10.5 Å². The Morgan fingerprint density at radius 1 is 1.18 bits per heavy atom. The Balaban J connectivity index is 2.53. The standard InChI is InChI=1S/C14H15NO2/c1-17-14-8-10(6-7-13(14)15)12-5-3-2-4-11(12)9-16/h2-8,16H,9,15H2,1H3. The van der Waals surface area contributed by atoms with Crippen molar-refractivity contribution in [3.63, 3.8) is 0 Å². The first-order valence-electron chi connectivity index (χ1n) is 5.39. The Labute approximate surface area is 100 Å². The summed E-state index contributed by atoms with van der Waals surface area (Å²) in [6.45, 7) is 0.0167. The lowest BCUT2D eigenvalue weighted by Gasteiger charge is -2.10. The molecule has 2 rings (SSSR count). The van der Waals surface area contributed by atoms with E-state index in [1.54, 1.807) is 7.11 Å². The second kappa shape index (κ2) is 4.89. The highest BCUT2D eigenvalue weighted by Gasteiger charge is 2.06. The highest BCUT2D eigenvalue weighted by molar-refractivity contribution is 5.72. The molecule has 0 spiro atoms. The van der Waals surface area contributed by atoms with Crippen molar-refractivity contribution in [3.05, 3.63) is 48.0 Å². The molecule has 0 amide bonds. The summed E-state index contributed by atoms with van der Waals surface area (Å²) in [5.41, 5.74) is 9.25. The zero-order chi connectivity index (χ0) is 12.3. The van der Waals surface area contributed by atoms with Gasteiger partial charge in [0.05, 0.1) is 19.4 Å². The summed E-state index contributed by atoms with van der Waals surface area (Å²) < 4.78 is 5.19. The van der Waals surface area contributed by atoms with Crippen molar-refractivity contribution < 1.29 is 9.84 Å². The van der Waals surface area contributed by atoms with Crippen LogP contribution in [0.5, 0.6) is 5.75 Å². The number of hydrogen-bond acceptors (Lipinski definition) is 3. The molecule has 0 heterocycles. The zero-order valence-electron chi connectivity index (χ0n) is 9.68. The fraction of sp³-hybridized carbons (Fsp3) is 0.143. The molecule has 0 aliphatic heterocycles. The Morgan fingerprint density at radius 2 is 1.94 bits per heavy atom. The lowest BCUT2D eigenvalue weighted by atomic mass is 9.99. The summed E-state index contributed by atoms with van der Waals surface area (Å²) in [6.07, 6.45) is 0. The van der Waals surface area contributed by atoms with Gasteiger partial charge in [0.25, 0.3) is 0 Å². The van der Waals surface area contributed by atoms with E-state index in [2.05, 4.69) is 0 Å². The number of methoxy groups -OCH3 is 1. The fourth-order valence-electron chi connectivity index (χ4n) is 1.82. The third-order valence-electron chi connectivity index (χ3n) is 2.73. The van der Waals surface area contributed by atoms with Crippen LogP contribution in [0.15, 0.2) is 42.5 Å². The van der Waals surface area contributed by atoms with Crippen molar-refractivity contribution in [2.24, 2.45) is 0 Å². The monoisotopic (exact) mass is 229 g/mol. The summed E-state index contributed by atoms with van der Waals surface area (Å²) >= 11 is 0. The van der Waals surface area contributed by atoms with Gasteiger partial charge in [-0.1, -0.05) is 30.3 Å². The van der Waals surface area contributed by atoms with Crippen molar-refractivity contribution in [3.8, 4) is 16.9 Å². The van der Waals surface area contributed by atoms with Gasteiger partial charge in [0.2, 0.25) is 0 Å². The van der Waals surface area contributed by atoms with Gasteiger partial charge >= 0.3 is 0 Å². The van der Waals surface area contributed by atoms with Crippen LogP contribution in [0.3, 0.4) is 0 Å². The summed E-state index contributed by atoms with van der Waals surface area (Å²) in [5, 5.41) is 9.30. The molecule has 0 saturated heterocycles. The summed E-state index contributed by atoms with van der Waals surface area (Å²) in [5.74, 6) is 0.648. The molecule has 0 aliphatic carbocycles. The first-order valence-corrected chi connectivity index (χ1v) is 5.39. The second-order valence-corrected chi connectivity index (χ2v) is 3.77. The number of ether oxygens (including phenoxy) is 1. The maximum Gasteiger partial charge on any atom is 0.142 e. The van der Waals surface area contributed by atoms with E-state index in [0.29, 0.717) is 11.4 Å². The minimum absolute atomic E-state index is 0.0167. The average Bonchev–Trinajstić information content (AvgIpc) is 2.39. The topological polar surface area (TPSA) is 55.5 Å². The number of aliphatic hydroxyl groups is 1. The maximum atomic E-state index is 9.30. The molecule has 0 saturated carbocycles. The minimum Gasteiger partial charge on any atom is -0.495 e. The molecule has 0 aliphatic rings.